The lowest BCUT2D eigenvalue weighted by Gasteiger charge is -2.38. The molecule has 0 saturated heterocycles. The highest BCUT2D eigenvalue weighted by Crippen LogP contribution is 2.56. The second-order valence-corrected chi connectivity index (χ2v) is 19.0. The molecule has 0 aliphatic heterocycles. The van der Waals surface area contributed by atoms with E-state index in [1.165, 1.54) is 94.8 Å². The molecule has 2 aromatic carbocycles. The van der Waals surface area contributed by atoms with Crippen LogP contribution in [0.25, 0.3) is 0 Å². The molecular weight excluding hydrogens is 530 g/mol. The Morgan fingerprint density at radius 3 is 1.10 bits per heavy atom. The Morgan fingerprint density at radius 2 is 0.756 bits per heavy atom. The van der Waals surface area contributed by atoms with Crippen LogP contribution in [0.3, 0.4) is 0 Å². The molecule has 0 spiro atoms. The van der Waals surface area contributed by atoms with E-state index >= 15 is 0 Å². The van der Waals surface area contributed by atoms with E-state index in [-0.39, 0.29) is 7.92 Å². The highest BCUT2D eigenvalue weighted by molar-refractivity contribution is 7.67. The Balaban J connectivity index is 0.000000159. The molecule has 0 unspecified atom stereocenters. The maximum Gasteiger partial charge on any atom is -0.0166 e. The summed E-state index contributed by atoms with van der Waals surface area (Å²) in [6.07, 6.45) is 33.6. The van der Waals surface area contributed by atoms with Crippen molar-refractivity contribution in [2.75, 3.05) is 6.16 Å². The molecule has 4 saturated carbocycles. The molecule has 4 aliphatic carbocycles. The Morgan fingerprint density at radius 1 is 0.439 bits per heavy atom. The summed E-state index contributed by atoms with van der Waals surface area (Å²) in [5.74, 6) is 0. The van der Waals surface area contributed by atoms with E-state index in [0.717, 1.165) is 11.3 Å². The number of hydrogen-bond donors (Lipinski definition) is 0. The summed E-state index contributed by atoms with van der Waals surface area (Å²) in [7, 11) is 0.511. The molecule has 0 nitrogen and oxygen atoms in total. The van der Waals surface area contributed by atoms with E-state index in [2.05, 4.69) is 37.3 Å². The van der Waals surface area contributed by atoms with Gasteiger partial charge in [0.15, 0.2) is 0 Å². The van der Waals surface area contributed by atoms with Crippen LogP contribution < -0.4 is 5.30 Å². The second-order valence-electron chi connectivity index (χ2n) is 13.3. The van der Waals surface area contributed by atoms with Crippen molar-refractivity contribution < 1.29 is 0 Å². The quantitative estimate of drug-likeness (QED) is 0.281. The maximum atomic E-state index is 2.43. The van der Waals surface area contributed by atoms with E-state index in [0.29, 0.717) is 7.92 Å². The third-order valence-corrected chi connectivity index (χ3v) is 17.6. The lowest BCUT2D eigenvalue weighted by molar-refractivity contribution is 0.484. The molecule has 4 fully saturated rings. The number of rotatable bonds is 7. The zero-order chi connectivity index (χ0) is 28.4. The summed E-state index contributed by atoms with van der Waals surface area (Å²) in [5, 5.41) is 1.70. The molecule has 41 heavy (non-hydrogen) atoms. The van der Waals surface area contributed by atoms with Gasteiger partial charge in [0, 0.05) is 0 Å². The zero-order valence-electron chi connectivity index (χ0n) is 26.6. The SMILES string of the molecule is CCCP(C1CCCCC1)C1CCCCC1.c1ccc(P(C2CCCCC2)C2CCCCC2)cc1.c1ccccc1. The van der Waals surface area contributed by atoms with Gasteiger partial charge in [-0.1, -0.05) is 165 Å². The Hall–Kier alpha value is -0.700. The molecule has 2 aromatic rings. The van der Waals surface area contributed by atoms with Gasteiger partial charge in [0.1, 0.15) is 0 Å². The van der Waals surface area contributed by atoms with E-state index in [9.17, 15) is 0 Å². The van der Waals surface area contributed by atoms with Crippen molar-refractivity contribution in [3.05, 3.63) is 66.7 Å². The van der Waals surface area contributed by atoms with E-state index in [1.807, 2.05) is 36.4 Å². The molecule has 0 N–H and O–H groups in total. The van der Waals surface area contributed by atoms with Gasteiger partial charge >= 0.3 is 0 Å². The minimum Gasteiger partial charge on any atom is -0.100 e. The van der Waals surface area contributed by atoms with Crippen molar-refractivity contribution >= 4 is 21.1 Å². The minimum absolute atomic E-state index is 0.108. The summed E-state index contributed by atoms with van der Waals surface area (Å²) in [5.41, 5.74) is 4.42. The van der Waals surface area contributed by atoms with Gasteiger partial charge in [-0.15, -0.1) is 7.92 Å². The van der Waals surface area contributed by atoms with E-state index in [4.69, 9.17) is 0 Å². The molecule has 2 heteroatoms. The summed E-state index contributed by atoms with van der Waals surface area (Å²) in [6.45, 7) is 2.40. The lowest BCUT2D eigenvalue weighted by atomic mass is 9.99. The molecule has 0 atom stereocenters. The van der Waals surface area contributed by atoms with Gasteiger partial charge in [0.2, 0.25) is 0 Å². The van der Waals surface area contributed by atoms with Crippen molar-refractivity contribution in [2.45, 2.75) is 164 Å². The Labute approximate surface area is 257 Å². The molecule has 0 aromatic heterocycles. The highest BCUT2D eigenvalue weighted by atomic mass is 31.1. The molecule has 0 heterocycles. The largest absolute Gasteiger partial charge is 0.100 e. The fourth-order valence-electron chi connectivity index (χ4n) is 8.17. The predicted molar refractivity (Wildman–Crippen MR) is 189 cm³/mol. The molecule has 0 radical (unpaired) electrons. The van der Waals surface area contributed by atoms with Crippen molar-refractivity contribution in [1.29, 1.82) is 0 Å². The molecule has 228 valence electrons. The topological polar surface area (TPSA) is 0 Å². The monoisotopic (exact) mass is 592 g/mol. The van der Waals surface area contributed by atoms with Gasteiger partial charge in [-0.2, -0.15) is 0 Å². The first-order valence-electron chi connectivity index (χ1n) is 18.0. The summed E-state index contributed by atoms with van der Waals surface area (Å²) >= 11 is 0. The van der Waals surface area contributed by atoms with Crippen molar-refractivity contribution in [1.82, 2.24) is 0 Å². The lowest BCUT2D eigenvalue weighted by Crippen LogP contribution is -2.26. The van der Waals surface area contributed by atoms with Crippen LogP contribution in [0.1, 0.15) is 142 Å². The van der Waals surface area contributed by atoms with Gasteiger partial charge in [-0.05, 0) is 85.5 Å². The molecule has 4 aliphatic rings. The van der Waals surface area contributed by atoms with Crippen LogP contribution in [0, 0.1) is 0 Å². The second kappa shape index (κ2) is 20.3. The summed E-state index contributed by atoms with van der Waals surface area (Å²) in [4.78, 5) is 0. The molecular formula is C39H62P2. The van der Waals surface area contributed by atoms with Gasteiger partial charge in [-0.3, -0.25) is 0 Å². The van der Waals surface area contributed by atoms with E-state index in [1.54, 1.807) is 62.8 Å². The van der Waals surface area contributed by atoms with Crippen LogP contribution >= 0.6 is 15.8 Å². The third-order valence-electron chi connectivity index (χ3n) is 10.2. The smallest absolute Gasteiger partial charge is 0.0166 e. The van der Waals surface area contributed by atoms with Gasteiger partial charge in [0.05, 0.1) is 0 Å². The van der Waals surface area contributed by atoms with Crippen molar-refractivity contribution in [3.8, 4) is 0 Å². The highest BCUT2D eigenvalue weighted by Gasteiger charge is 2.32. The first-order chi connectivity index (χ1) is 20.4. The molecule has 0 amide bonds. The third kappa shape index (κ3) is 11.7. The Bertz CT molecular complexity index is 796. The summed E-state index contributed by atoms with van der Waals surface area (Å²) < 4.78 is 0. The molecule has 0 bridgehead atoms. The van der Waals surface area contributed by atoms with Crippen LogP contribution in [0.15, 0.2) is 66.7 Å². The number of hydrogen-bond acceptors (Lipinski definition) is 0. The standard InChI is InChI=1S/C18H27P.C15H29P.C6H6/c1-4-10-16(11-5-1)19(17-12-6-2-7-13-17)18-14-8-3-9-15-18;1-2-13-16(14-9-5-3-6-10-14)15-11-7-4-8-12-15;1-2-4-6-5-3-1/h1,4-5,10-11,17-18H,2-3,6-9,12-15H2;14-15H,2-13H2,1H3;1-6H. The van der Waals surface area contributed by atoms with Crippen LogP contribution in [-0.4, -0.2) is 28.8 Å². The molecule has 6 rings (SSSR count). The predicted octanol–water partition coefficient (Wildman–Crippen LogP) is 12.7. The maximum absolute atomic E-state index is 2.43. The van der Waals surface area contributed by atoms with E-state index < -0.39 is 0 Å². The van der Waals surface area contributed by atoms with Crippen LogP contribution in [0.5, 0.6) is 0 Å². The van der Waals surface area contributed by atoms with Gasteiger partial charge in [0.25, 0.3) is 0 Å². The normalized spacial score (nSPS) is 21.5. The fraction of sp³-hybridized carbons (Fsp3) is 0.692. The number of benzene rings is 2. The minimum atomic E-state index is 0.108. The first-order valence-corrected chi connectivity index (χ1v) is 21.1. The zero-order valence-corrected chi connectivity index (χ0v) is 28.4. The average Bonchev–Trinajstić information content (AvgIpc) is 3.07. The van der Waals surface area contributed by atoms with Crippen LogP contribution in [-0.2, 0) is 0 Å². The average molecular weight is 593 g/mol. The van der Waals surface area contributed by atoms with Crippen molar-refractivity contribution in [2.24, 2.45) is 0 Å². The van der Waals surface area contributed by atoms with Crippen LogP contribution in [0.2, 0.25) is 0 Å². The first kappa shape index (κ1) is 33.2. The fourth-order valence-corrected chi connectivity index (χ4v) is 15.9. The van der Waals surface area contributed by atoms with Crippen LogP contribution in [0.4, 0.5) is 0 Å². The Kier molecular flexibility index (Phi) is 16.4. The summed E-state index contributed by atoms with van der Waals surface area (Å²) in [6, 6.07) is 23.6. The van der Waals surface area contributed by atoms with Gasteiger partial charge in [-0.25, -0.2) is 0 Å². The van der Waals surface area contributed by atoms with Gasteiger partial charge < -0.3 is 0 Å². The van der Waals surface area contributed by atoms with Crippen molar-refractivity contribution in [3.63, 3.8) is 0 Å².